The van der Waals surface area contributed by atoms with Crippen molar-refractivity contribution in [1.29, 1.82) is 0 Å². The Labute approximate surface area is 171 Å². The Kier molecular flexibility index (Phi) is 7.03. The first-order valence-corrected chi connectivity index (χ1v) is 9.80. The molecule has 152 valence electrons. The second kappa shape index (κ2) is 9.89. The second-order valence-electron chi connectivity index (χ2n) is 6.73. The molecule has 0 unspecified atom stereocenters. The minimum Gasteiger partial charge on any atom is -0.494 e. The average Bonchev–Trinajstić information content (AvgIpc) is 2.97. The van der Waals surface area contributed by atoms with Gasteiger partial charge in [-0.2, -0.15) is 0 Å². The van der Waals surface area contributed by atoms with Gasteiger partial charge in [-0.1, -0.05) is 43.3 Å². The van der Waals surface area contributed by atoms with Gasteiger partial charge in [-0.3, -0.25) is 14.5 Å². The lowest BCUT2D eigenvalue weighted by Crippen LogP contribution is -2.33. The summed E-state index contributed by atoms with van der Waals surface area (Å²) in [4.78, 5) is 27.4. The number of methoxy groups -OCH3 is 1. The third-order valence-electron chi connectivity index (χ3n) is 4.54. The van der Waals surface area contributed by atoms with Crippen LogP contribution < -0.4 is 10.1 Å². The lowest BCUT2D eigenvalue weighted by molar-refractivity contribution is -0.136. The molecule has 1 heterocycles. The third kappa shape index (κ3) is 4.84. The predicted octanol–water partition coefficient (Wildman–Crippen LogP) is 3.70. The van der Waals surface area contributed by atoms with E-state index in [0.717, 1.165) is 6.42 Å². The van der Waals surface area contributed by atoms with Crippen LogP contribution in [0.15, 0.2) is 60.3 Å². The van der Waals surface area contributed by atoms with Crippen LogP contribution in [0.3, 0.4) is 0 Å². The summed E-state index contributed by atoms with van der Waals surface area (Å²) < 4.78 is 10.7. The maximum Gasteiger partial charge on any atom is 0.278 e. The summed E-state index contributed by atoms with van der Waals surface area (Å²) in [5, 5.41) is 3.16. The van der Waals surface area contributed by atoms with Crippen LogP contribution in [0.25, 0.3) is 5.57 Å². The van der Waals surface area contributed by atoms with E-state index in [1.165, 1.54) is 4.90 Å². The fourth-order valence-corrected chi connectivity index (χ4v) is 3.16. The first kappa shape index (κ1) is 20.6. The predicted molar refractivity (Wildman–Crippen MR) is 112 cm³/mol. The van der Waals surface area contributed by atoms with Gasteiger partial charge in [-0.05, 0) is 30.5 Å². The molecule has 29 heavy (non-hydrogen) atoms. The van der Waals surface area contributed by atoms with Crippen LogP contribution in [0.4, 0.5) is 5.69 Å². The maximum atomic E-state index is 13.1. The van der Waals surface area contributed by atoms with E-state index < -0.39 is 0 Å². The molecule has 0 saturated heterocycles. The molecule has 0 bridgehead atoms. The number of nitrogens with zero attached hydrogens (tertiary/aromatic N) is 1. The van der Waals surface area contributed by atoms with Gasteiger partial charge in [0.1, 0.15) is 11.4 Å². The first-order valence-electron chi connectivity index (χ1n) is 9.80. The number of nitrogens with one attached hydrogen (secondary N) is 1. The van der Waals surface area contributed by atoms with Crippen molar-refractivity contribution in [3.8, 4) is 5.75 Å². The minimum absolute atomic E-state index is 0.284. The minimum atomic E-state index is -0.329. The summed E-state index contributed by atoms with van der Waals surface area (Å²) in [5.74, 6) is 0.0930. The summed E-state index contributed by atoms with van der Waals surface area (Å²) in [6.07, 6.45) is 1.49. The van der Waals surface area contributed by atoms with E-state index in [1.807, 2.05) is 61.5 Å². The third-order valence-corrected chi connectivity index (χ3v) is 4.54. The smallest absolute Gasteiger partial charge is 0.278 e. The second-order valence-corrected chi connectivity index (χ2v) is 6.73. The van der Waals surface area contributed by atoms with Crippen LogP contribution in [0.5, 0.6) is 5.75 Å². The molecule has 1 aliphatic heterocycles. The molecule has 2 aromatic rings. The highest BCUT2D eigenvalue weighted by Crippen LogP contribution is 2.31. The molecule has 2 aromatic carbocycles. The van der Waals surface area contributed by atoms with Gasteiger partial charge in [-0.15, -0.1) is 0 Å². The molecule has 1 aliphatic rings. The van der Waals surface area contributed by atoms with Crippen molar-refractivity contribution in [2.75, 3.05) is 32.2 Å². The zero-order valence-electron chi connectivity index (χ0n) is 16.8. The Balaban J connectivity index is 1.92. The van der Waals surface area contributed by atoms with Crippen molar-refractivity contribution in [2.24, 2.45) is 0 Å². The van der Waals surface area contributed by atoms with E-state index >= 15 is 0 Å². The van der Waals surface area contributed by atoms with E-state index in [0.29, 0.717) is 48.8 Å². The Bertz CT molecular complexity index is 893. The summed E-state index contributed by atoms with van der Waals surface area (Å²) in [6, 6.07) is 16.7. The molecule has 0 spiro atoms. The maximum absolute atomic E-state index is 13.1. The first-order chi connectivity index (χ1) is 14.2. The Morgan fingerprint density at radius 2 is 1.76 bits per heavy atom. The number of rotatable bonds is 10. The molecule has 2 amide bonds. The van der Waals surface area contributed by atoms with Crippen LogP contribution in [0.2, 0.25) is 0 Å². The molecule has 0 aromatic heterocycles. The van der Waals surface area contributed by atoms with Crippen molar-refractivity contribution < 1.29 is 19.1 Å². The Morgan fingerprint density at radius 1 is 0.966 bits per heavy atom. The van der Waals surface area contributed by atoms with E-state index in [4.69, 9.17) is 9.47 Å². The van der Waals surface area contributed by atoms with Crippen LogP contribution >= 0.6 is 0 Å². The number of anilines is 1. The molecule has 0 radical (unpaired) electrons. The number of hydrogen-bond acceptors (Lipinski definition) is 5. The van der Waals surface area contributed by atoms with Crippen LogP contribution in [0.1, 0.15) is 25.3 Å². The zero-order valence-corrected chi connectivity index (χ0v) is 16.8. The molecule has 6 nitrogen and oxygen atoms in total. The molecular weight excluding hydrogens is 368 g/mol. The molecule has 1 N–H and O–H groups in total. The lowest BCUT2D eigenvalue weighted by Gasteiger charge is -2.15. The van der Waals surface area contributed by atoms with E-state index in [1.54, 1.807) is 7.11 Å². The molecule has 6 heteroatoms. The quantitative estimate of drug-likeness (QED) is 0.492. The van der Waals surface area contributed by atoms with Gasteiger partial charge in [0.2, 0.25) is 0 Å². The molecule has 3 rings (SSSR count). The number of carbonyl (C=O) groups is 2. The van der Waals surface area contributed by atoms with Crippen LogP contribution in [-0.2, 0) is 14.3 Å². The topological polar surface area (TPSA) is 67.9 Å². The van der Waals surface area contributed by atoms with Gasteiger partial charge in [0.25, 0.3) is 11.8 Å². The fourth-order valence-electron chi connectivity index (χ4n) is 3.16. The van der Waals surface area contributed by atoms with Gasteiger partial charge in [0.15, 0.2) is 0 Å². The number of hydrogen-bond donors (Lipinski definition) is 1. The van der Waals surface area contributed by atoms with Crippen molar-refractivity contribution in [1.82, 2.24) is 4.90 Å². The standard InChI is InChI=1S/C23H26N2O4/c1-3-14-29-19-12-7-11-18(16-19)24-21-20(17-9-5-4-6-10-17)22(26)25(23(21)27)13-8-15-28-2/h4-7,9-12,16,24H,3,8,13-15H2,1-2H3. The highest BCUT2D eigenvalue weighted by molar-refractivity contribution is 6.36. The van der Waals surface area contributed by atoms with Crippen LogP contribution in [0, 0.1) is 0 Å². The summed E-state index contributed by atoms with van der Waals surface area (Å²) in [6.45, 7) is 3.45. The number of benzene rings is 2. The van der Waals surface area contributed by atoms with Gasteiger partial charge in [-0.25, -0.2) is 0 Å². The van der Waals surface area contributed by atoms with Crippen molar-refractivity contribution in [2.45, 2.75) is 19.8 Å². The Morgan fingerprint density at radius 3 is 2.48 bits per heavy atom. The van der Waals surface area contributed by atoms with Crippen molar-refractivity contribution in [3.05, 3.63) is 65.9 Å². The van der Waals surface area contributed by atoms with Crippen LogP contribution in [-0.4, -0.2) is 43.6 Å². The largest absolute Gasteiger partial charge is 0.494 e. The lowest BCUT2D eigenvalue weighted by atomic mass is 10.0. The SMILES string of the molecule is CCCOc1cccc(NC2=C(c3ccccc3)C(=O)N(CCCOC)C2=O)c1. The van der Waals surface area contributed by atoms with E-state index in [-0.39, 0.29) is 17.5 Å². The average molecular weight is 394 g/mol. The normalized spacial score (nSPS) is 13.9. The fraction of sp³-hybridized carbons (Fsp3) is 0.304. The van der Waals surface area contributed by atoms with E-state index in [2.05, 4.69) is 5.32 Å². The molecule has 0 fully saturated rings. The number of carbonyl (C=O) groups excluding carboxylic acids is 2. The Hall–Kier alpha value is -3.12. The molecule has 0 saturated carbocycles. The highest BCUT2D eigenvalue weighted by Gasteiger charge is 2.38. The zero-order chi connectivity index (χ0) is 20.6. The number of ether oxygens (including phenoxy) is 2. The molecule has 0 atom stereocenters. The number of imide groups is 1. The highest BCUT2D eigenvalue weighted by atomic mass is 16.5. The summed E-state index contributed by atoms with van der Waals surface area (Å²) >= 11 is 0. The van der Waals surface area contributed by atoms with Gasteiger partial charge >= 0.3 is 0 Å². The van der Waals surface area contributed by atoms with E-state index in [9.17, 15) is 9.59 Å². The molecule has 0 aliphatic carbocycles. The van der Waals surface area contributed by atoms with Gasteiger partial charge < -0.3 is 14.8 Å². The van der Waals surface area contributed by atoms with Crippen molar-refractivity contribution in [3.63, 3.8) is 0 Å². The summed E-state index contributed by atoms with van der Waals surface area (Å²) in [7, 11) is 1.60. The number of amides is 2. The van der Waals surface area contributed by atoms with Crippen molar-refractivity contribution >= 4 is 23.1 Å². The van der Waals surface area contributed by atoms with Gasteiger partial charge in [0.05, 0.1) is 12.2 Å². The van der Waals surface area contributed by atoms with Gasteiger partial charge in [0, 0.05) is 32.0 Å². The molecular formula is C23H26N2O4. The summed E-state index contributed by atoms with van der Waals surface area (Å²) in [5.41, 5.74) is 2.07. The monoisotopic (exact) mass is 394 g/mol.